The summed E-state index contributed by atoms with van der Waals surface area (Å²) < 4.78 is 3.61. The molecule has 0 atom stereocenters. The van der Waals surface area contributed by atoms with Crippen LogP contribution in [0.25, 0.3) is 16.5 Å². The summed E-state index contributed by atoms with van der Waals surface area (Å²) in [7, 11) is 0. The largest absolute Gasteiger partial charge is 0.353 e. The Morgan fingerprint density at radius 3 is 2.48 bits per heavy atom. The maximum Gasteiger partial charge on any atom is 0.281 e. The first kappa shape index (κ1) is 21.3. The highest BCUT2D eigenvalue weighted by Crippen LogP contribution is 2.23. The first-order valence-electron chi connectivity index (χ1n) is 11.5. The second-order valence-corrected chi connectivity index (χ2v) is 8.67. The van der Waals surface area contributed by atoms with Crippen LogP contribution in [0.15, 0.2) is 41.3 Å². The average Bonchev–Trinajstić information content (AvgIpc) is 2.93. The lowest BCUT2D eigenvalue weighted by molar-refractivity contribution is -0.122. The van der Waals surface area contributed by atoms with E-state index in [1.54, 1.807) is 6.20 Å². The van der Waals surface area contributed by atoms with E-state index in [0.29, 0.717) is 17.8 Å². The van der Waals surface area contributed by atoms with Crippen LogP contribution in [0.3, 0.4) is 0 Å². The molecule has 2 heterocycles. The van der Waals surface area contributed by atoms with Crippen molar-refractivity contribution in [3.63, 3.8) is 0 Å². The van der Waals surface area contributed by atoms with Crippen LogP contribution in [0, 0.1) is 13.8 Å². The van der Waals surface area contributed by atoms with Gasteiger partial charge in [0.1, 0.15) is 0 Å². The molecule has 0 spiro atoms. The number of aryl methyl sites for hydroxylation is 2. The highest BCUT2D eigenvalue weighted by Gasteiger charge is 2.18. The van der Waals surface area contributed by atoms with E-state index >= 15 is 0 Å². The lowest BCUT2D eigenvalue weighted by Gasteiger charge is -2.16. The lowest BCUT2D eigenvalue weighted by atomic mass is 10.1. The number of aromatic nitrogens is 3. The number of amides is 1. The molecule has 6 heteroatoms. The third-order valence-electron chi connectivity index (χ3n) is 6.55. The Balaban J connectivity index is 1.47. The van der Waals surface area contributed by atoms with Crippen LogP contribution in [-0.4, -0.2) is 26.3 Å². The molecule has 0 aliphatic heterocycles. The molecule has 164 valence electrons. The van der Waals surface area contributed by atoms with Gasteiger partial charge in [0.2, 0.25) is 5.91 Å². The van der Waals surface area contributed by atoms with Gasteiger partial charge in [0.05, 0.1) is 17.3 Å². The van der Waals surface area contributed by atoms with Crippen LogP contribution in [0.5, 0.6) is 0 Å². The Labute approximate surface area is 183 Å². The zero-order valence-corrected chi connectivity index (χ0v) is 18.6. The number of benzene rings is 1. The van der Waals surface area contributed by atoms with Crippen molar-refractivity contribution in [3.8, 4) is 5.69 Å². The van der Waals surface area contributed by atoms with Gasteiger partial charge in [-0.1, -0.05) is 43.9 Å². The van der Waals surface area contributed by atoms with E-state index in [0.717, 1.165) is 48.3 Å². The quantitative estimate of drug-likeness (QED) is 0.600. The number of fused-ring (bicyclic) bond motifs is 1. The van der Waals surface area contributed by atoms with Gasteiger partial charge in [-0.2, -0.15) is 9.78 Å². The zero-order chi connectivity index (χ0) is 21.8. The number of rotatable bonds is 6. The van der Waals surface area contributed by atoms with Crippen molar-refractivity contribution in [3.05, 3.63) is 58.3 Å². The third kappa shape index (κ3) is 4.58. The summed E-state index contributed by atoms with van der Waals surface area (Å²) in [5.41, 5.74) is 2.62. The number of nitrogens with zero attached hydrogens (tertiary/aromatic N) is 3. The van der Waals surface area contributed by atoms with Crippen LogP contribution in [0.4, 0.5) is 0 Å². The number of para-hydroxylation sites is 1. The van der Waals surface area contributed by atoms with Gasteiger partial charge in [0.25, 0.3) is 5.56 Å². The van der Waals surface area contributed by atoms with Crippen molar-refractivity contribution in [1.82, 2.24) is 19.7 Å². The molecule has 4 rings (SSSR count). The molecular formula is C25H32N4O2. The van der Waals surface area contributed by atoms with Crippen LogP contribution in [-0.2, 0) is 11.3 Å². The van der Waals surface area contributed by atoms with Crippen molar-refractivity contribution in [2.24, 2.45) is 0 Å². The van der Waals surface area contributed by atoms with Crippen LogP contribution in [0.1, 0.15) is 62.8 Å². The van der Waals surface area contributed by atoms with E-state index in [4.69, 9.17) is 0 Å². The average molecular weight is 421 g/mol. The molecule has 6 nitrogen and oxygen atoms in total. The van der Waals surface area contributed by atoms with Crippen molar-refractivity contribution in [1.29, 1.82) is 0 Å². The Morgan fingerprint density at radius 2 is 1.77 bits per heavy atom. The SMILES string of the molecule is Cc1c2cnn(-c3ccccc3)c(=O)c2c(C)n1CCCC(=O)NC1CCCCCC1. The Morgan fingerprint density at radius 1 is 1.06 bits per heavy atom. The van der Waals surface area contributed by atoms with Gasteiger partial charge in [-0.05, 0) is 45.2 Å². The van der Waals surface area contributed by atoms with E-state index in [1.165, 1.54) is 30.4 Å². The number of hydrogen-bond donors (Lipinski definition) is 1. The zero-order valence-electron chi connectivity index (χ0n) is 18.6. The summed E-state index contributed by atoms with van der Waals surface area (Å²) in [6, 6.07) is 9.83. The molecule has 31 heavy (non-hydrogen) atoms. The molecule has 1 amide bonds. The minimum atomic E-state index is -0.103. The monoisotopic (exact) mass is 420 g/mol. The Hall–Kier alpha value is -2.89. The third-order valence-corrected chi connectivity index (χ3v) is 6.55. The molecule has 1 fully saturated rings. The normalized spacial score (nSPS) is 15.2. The summed E-state index contributed by atoms with van der Waals surface area (Å²) in [6.07, 6.45) is 10.3. The molecule has 2 aromatic heterocycles. The fourth-order valence-corrected chi connectivity index (χ4v) is 4.82. The molecule has 1 N–H and O–H groups in total. The summed E-state index contributed by atoms with van der Waals surface area (Å²) >= 11 is 0. The summed E-state index contributed by atoms with van der Waals surface area (Å²) in [5.74, 6) is 0.145. The van der Waals surface area contributed by atoms with Gasteiger partial charge in [-0.25, -0.2) is 0 Å². The molecule has 1 saturated carbocycles. The van der Waals surface area contributed by atoms with Crippen molar-refractivity contribution in [2.45, 2.75) is 77.8 Å². The van der Waals surface area contributed by atoms with E-state index in [9.17, 15) is 9.59 Å². The molecule has 0 saturated heterocycles. The van der Waals surface area contributed by atoms with Gasteiger partial charge in [-0.15, -0.1) is 0 Å². The molecule has 0 bridgehead atoms. The minimum absolute atomic E-state index is 0.103. The topological polar surface area (TPSA) is 68.9 Å². The predicted molar refractivity (Wildman–Crippen MR) is 124 cm³/mol. The Kier molecular flexibility index (Phi) is 6.54. The van der Waals surface area contributed by atoms with E-state index in [-0.39, 0.29) is 11.5 Å². The first-order chi connectivity index (χ1) is 15.1. The van der Waals surface area contributed by atoms with Crippen molar-refractivity contribution in [2.75, 3.05) is 0 Å². The Bertz CT molecular complexity index is 1110. The minimum Gasteiger partial charge on any atom is -0.353 e. The fraction of sp³-hybridized carbons (Fsp3) is 0.480. The standard InChI is InChI=1S/C25H32N4O2/c1-18-22-17-26-29(21-13-8-5-9-14-21)25(31)24(22)19(2)28(18)16-10-15-23(30)27-20-11-6-3-4-7-12-20/h5,8-9,13-14,17,20H,3-4,6-7,10-12,15-16H2,1-2H3,(H,27,30). The summed E-state index contributed by atoms with van der Waals surface area (Å²) in [4.78, 5) is 25.6. The van der Waals surface area contributed by atoms with Gasteiger partial charge >= 0.3 is 0 Å². The molecule has 1 aliphatic rings. The highest BCUT2D eigenvalue weighted by molar-refractivity contribution is 5.87. The smallest absolute Gasteiger partial charge is 0.281 e. The number of hydrogen-bond acceptors (Lipinski definition) is 3. The van der Waals surface area contributed by atoms with Crippen LogP contribution >= 0.6 is 0 Å². The molecule has 1 aliphatic carbocycles. The van der Waals surface area contributed by atoms with Crippen molar-refractivity contribution >= 4 is 16.7 Å². The van der Waals surface area contributed by atoms with Gasteiger partial charge in [0, 0.05) is 35.8 Å². The number of carbonyl (C=O) groups excluding carboxylic acids is 1. The van der Waals surface area contributed by atoms with Gasteiger partial charge < -0.3 is 9.88 Å². The molecule has 0 radical (unpaired) electrons. The van der Waals surface area contributed by atoms with E-state index in [2.05, 4.69) is 15.0 Å². The van der Waals surface area contributed by atoms with Gasteiger partial charge in [0.15, 0.2) is 0 Å². The molecule has 1 aromatic carbocycles. The van der Waals surface area contributed by atoms with Crippen LogP contribution < -0.4 is 10.9 Å². The number of carbonyl (C=O) groups is 1. The summed E-state index contributed by atoms with van der Waals surface area (Å²) in [5, 5.41) is 9.22. The second kappa shape index (κ2) is 9.50. The van der Waals surface area contributed by atoms with Gasteiger partial charge in [-0.3, -0.25) is 9.59 Å². The summed E-state index contributed by atoms with van der Waals surface area (Å²) in [6.45, 7) is 4.72. The maximum absolute atomic E-state index is 13.2. The van der Waals surface area contributed by atoms with Crippen LogP contribution in [0.2, 0.25) is 0 Å². The van der Waals surface area contributed by atoms with E-state index < -0.39 is 0 Å². The predicted octanol–water partition coefficient (Wildman–Crippen LogP) is 4.42. The fourth-order valence-electron chi connectivity index (χ4n) is 4.82. The second-order valence-electron chi connectivity index (χ2n) is 8.67. The maximum atomic E-state index is 13.2. The first-order valence-corrected chi connectivity index (χ1v) is 11.5. The van der Waals surface area contributed by atoms with Crippen molar-refractivity contribution < 1.29 is 4.79 Å². The molecular weight excluding hydrogens is 388 g/mol. The molecule has 0 unspecified atom stereocenters. The highest BCUT2D eigenvalue weighted by atomic mass is 16.1. The van der Waals surface area contributed by atoms with E-state index in [1.807, 2.05) is 44.2 Å². The number of nitrogens with one attached hydrogen (secondary N) is 1. The molecule has 3 aromatic rings. The lowest BCUT2D eigenvalue weighted by Crippen LogP contribution is -2.34.